The molecule has 0 spiro atoms. The Hall–Kier alpha value is -2.34. The summed E-state index contributed by atoms with van der Waals surface area (Å²) in [5.74, 6) is 0.781. The molecule has 6 heteroatoms. The quantitative estimate of drug-likeness (QED) is 0.916. The minimum atomic E-state index is 0.0843. The summed E-state index contributed by atoms with van der Waals surface area (Å²) in [5.41, 5.74) is 0.992. The fraction of sp³-hybridized carbons (Fsp3) is 0.412. The number of hydrogen-bond donors (Lipinski definition) is 1. The van der Waals surface area contributed by atoms with Gasteiger partial charge >= 0.3 is 0 Å². The lowest BCUT2D eigenvalue weighted by Crippen LogP contribution is -2.47. The van der Waals surface area contributed by atoms with E-state index in [0.29, 0.717) is 25.5 Å². The predicted octanol–water partition coefficient (Wildman–Crippen LogP) is 1.92. The molecule has 1 N–H and O–H groups in total. The lowest BCUT2D eigenvalue weighted by atomic mass is 10.2. The van der Waals surface area contributed by atoms with Gasteiger partial charge in [-0.3, -0.25) is 4.79 Å². The van der Waals surface area contributed by atoms with Gasteiger partial charge in [-0.2, -0.15) is 5.10 Å². The van der Waals surface area contributed by atoms with Crippen molar-refractivity contribution < 1.29 is 9.53 Å². The summed E-state index contributed by atoms with van der Waals surface area (Å²) in [6.07, 6.45) is 2.97. The van der Waals surface area contributed by atoms with E-state index in [9.17, 15) is 4.79 Å². The first kappa shape index (κ1) is 15.6. The summed E-state index contributed by atoms with van der Waals surface area (Å²) in [6.45, 7) is 4.28. The van der Waals surface area contributed by atoms with Crippen LogP contribution in [0.2, 0.25) is 0 Å². The predicted molar refractivity (Wildman–Crippen MR) is 88.7 cm³/mol. The lowest BCUT2D eigenvalue weighted by Gasteiger charge is -2.32. The van der Waals surface area contributed by atoms with Crippen LogP contribution in [0.15, 0.2) is 42.6 Å². The van der Waals surface area contributed by atoms with E-state index in [1.54, 1.807) is 4.68 Å². The average molecular weight is 314 g/mol. The number of anilines is 1. The van der Waals surface area contributed by atoms with Crippen LogP contribution in [0.25, 0.3) is 5.69 Å². The van der Waals surface area contributed by atoms with Crippen LogP contribution in [0.3, 0.4) is 0 Å². The van der Waals surface area contributed by atoms with Crippen LogP contribution in [0.1, 0.15) is 13.3 Å². The average Bonchev–Trinajstić information content (AvgIpc) is 3.09. The molecule has 1 amide bonds. The smallest absolute Gasteiger partial charge is 0.242 e. The van der Waals surface area contributed by atoms with Crippen LogP contribution in [0, 0.1) is 0 Å². The molecule has 1 aliphatic heterocycles. The maximum atomic E-state index is 12.3. The minimum Gasteiger partial charge on any atom is -0.375 e. The number of carbonyl (C=O) groups is 1. The highest BCUT2D eigenvalue weighted by molar-refractivity contribution is 5.80. The van der Waals surface area contributed by atoms with E-state index in [4.69, 9.17) is 4.74 Å². The molecule has 0 saturated carbocycles. The highest BCUT2D eigenvalue weighted by atomic mass is 16.5. The molecule has 0 radical (unpaired) electrons. The zero-order valence-corrected chi connectivity index (χ0v) is 13.3. The number of nitrogens with zero attached hydrogens (tertiary/aromatic N) is 3. The van der Waals surface area contributed by atoms with E-state index in [-0.39, 0.29) is 18.6 Å². The van der Waals surface area contributed by atoms with Crippen LogP contribution in [-0.2, 0) is 9.53 Å². The van der Waals surface area contributed by atoms with Crippen molar-refractivity contribution in [1.29, 1.82) is 0 Å². The molecule has 0 aliphatic carbocycles. The van der Waals surface area contributed by atoms with Gasteiger partial charge in [0.05, 0.1) is 24.9 Å². The molecule has 1 atom stereocenters. The minimum absolute atomic E-state index is 0.0843. The van der Waals surface area contributed by atoms with Gasteiger partial charge in [0.25, 0.3) is 0 Å². The van der Waals surface area contributed by atoms with E-state index in [1.165, 1.54) is 0 Å². The summed E-state index contributed by atoms with van der Waals surface area (Å²) >= 11 is 0. The first-order chi connectivity index (χ1) is 11.3. The first-order valence-corrected chi connectivity index (χ1v) is 8.00. The van der Waals surface area contributed by atoms with E-state index >= 15 is 0 Å². The number of hydrogen-bond acceptors (Lipinski definition) is 4. The van der Waals surface area contributed by atoms with Crippen LogP contribution < -0.4 is 5.32 Å². The topological polar surface area (TPSA) is 59.4 Å². The van der Waals surface area contributed by atoms with Crippen molar-refractivity contribution in [3.8, 4) is 5.69 Å². The standard InChI is InChI=1S/C17H22N4O2/c1-2-15-13-20(10-11-23-15)17(22)12-18-16-8-9-21(19-16)14-6-4-3-5-7-14/h3-9,15H,2,10-13H2,1H3,(H,18,19)/t15-/m1/s1. The van der Waals surface area contributed by atoms with Gasteiger partial charge in [-0.15, -0.1) is 0 Å². The SMILES string of the molecule is CC[C@@H]1CN(C(=O)CNc2ccn(-c3ccccc3)n2)CCO1. The number of aromatic nitrogens is 2. The van der Waals surface area contributed by atoms with Gasteiger partial charge in [0.2, 0.25) is 5.91 Å². The molecule has 122 valence electrons. The zero-order chi connectivity index (χ0) is 16.1. The molecule has 0 bridgehead atoms. The summed E-state index contributed by atoms with van der Waals surface area (Å²) in [6, 6.07) is 11.7. The van der Waals surface area contributed by atoms with Crippen LogP contribution >= 0.6 is 0 Å². The van der Waals surface area contributed by atoms with Crippen molar-refractivity contribution in [1.82, 2.24) is 14.7 Å². The Balaban J connectivity index is 1.54. The first-order valence-electron chi connectivity index (χ1n) is 8.00. The summed E-state index contributed by atoms with van der Waals surface area (Å²) < 4.78 is 7.38. The van der Waals surface area contributed by atoms with E-state index in [2.05, 4.69) is 17.3 Å². The number of amides is 1. The second kappa shape index (κ2) is 7.28. The second-order valence-corrected chi connectivity index (χ2v) is 5.58. The Labute approximate surface area is 136 Å². The van der Waals surface area contributed by atoms with Crippen molar-refractivity contribution in [2.75, 3.05) is 31.6 Å². The van der Waals surface area contributed by atoms with Gasteiger partial charge in [-0.1, -0.05) is 25.1 Å². The molecule has 2 heterocycles. The Morgan fingerprint density at radius 3 is 2.96 bits per heavy atom. The van der Waals surface area contributed by atoms with Gasteiger partial charge < -0.3 is 15.0 Å². The zero-order valence-electron chi connectivity index (χ0n) is 13.3. The van der Waals surface area contributed by atoms with Gasteiger partial charge in [0, 0.05) is 25.4 Å². The monoisotopic (exact) mass is 314 g/mol. The molecule has 1 aliphatic rings. The summed E-state index contributed by atoms with van der Waals surface area (Å²) in [4.78, 5) is 14.1. The highest BCUT2D eigenvalue weighted by Gasteiger charge is 2.22. The Morgan fingerprint density at radius 2 is 2.17 bits per heavy atom. The van der Waals surface area contributed by atoms with E-state index < -0.39 is 0 Å². The largest absolute Gasteiger partial charge is 0.375 e. The number of rotatable bonds is 5. The lowest BCUT2D eigenvalue weighted by molar-refractivity contribution is -0.136. The Morgan fingerprint density at radius 1 is 1.35 bits per heavy atom. The number of ether oxygens (including phenoxy) is 1. The molecule has 3 rings (SSSR count). The van der Waals surface area contributed by atoms with Crippen LogP contribution in [0.4, 0.5) is 5.82 Å². The highest BCUT2D eigenvalue weighted by Crippen LogP contribution is 2.11. The van der Waals surface area contributed by atoms with Crippen molar-refractivity contribution in [2.45, 2.75) is 19.4 Å². The number of nitrogens with one attached hydrogen (secondary N) is 1. The summed E-state index contributed by atoms with van der Waals surface area (Å²) in [7, 11) is 0. The van der Waals surface area contributed by atoms with Crippen molar-refractivity contribution in [3.05, 3.63) is 42.6 Å². The molecule has 1 saturated heterocycles. The van der Waals surface area contributed by atoms with Crippen molar-refractivity contribution in [2.24, 2.45) is 0 Å². The third-order valence-corrected chi connectivity index (χ3v) is 3.98. The molecule has 6 nitrogen and oxygen atoms in total. The Kier molecular flexibility index (Phi) is 4.92. The van der Waals surface area contributed by atoms with Gasteiger partial charge in [-0.25, -0.2) is 4.68 Å². The second-order valence-electron chi connectivity index (χ2n) is 5.58. The van der Waals surface area contributed by atoms with Crippen molar-refractivity contribution in [3.63, 3.8) is 0 Å². The summed E-state index contributed by atoms with van der Waals surface area (Å²) in [5, 5.41) is 7.54. The van der Waals surface area contributed by atoms with Crippen LogP contribution in [-0.4, -0.2) is 52.9 Å². The molecule has 1 fully saturated rings. The third-order valence-electron chi connectivity index (χ3n) is 3.98. The molecule has 2 aromatic rings. The fourth-order valence-electron chi connectivity index (χ4n) is 2.61. The fourth-order valence-corrected chi connectivity index (χ4v) is 2.61. The molecule has 23 heavy (non-hydrogen) atoms. The van der Waals surface area contributed by atoms with Gasteiger partial charge in [0.1, 0.15) is 5.82 Å². The van der Waals surface area contributed by atoms with Crippen molar-refractivity contribution >= 4 is 11.7 Å². The normalized spacial score (nSPS) is 18.0. The van der Waals surface area contributed by atoms with Gasteiger partial charge in [-0.05, 0) is 18.6 Å². The molecule has 1 aromatic heterocycles. The molecule has 0 unspecified atom stereocenters. The molecular weight excluding hydrogens is 292 g/mol. The maximum absolute atomic E-state index is 12.3. The number of morpholine rings is 1. The maximum Gasteiger partial charge on any atom is 0.242 e. The molecule has 1 aromatic carbocycles. The van der Waals surface area contributed by atoms with Gasteiger partial charge in [0.15, 0.2) is 0 Å². The van der Waals surface area contributed by atoms with Crippen LogP contribution in [0.5, 0.6) is 0 Å². The number of carbonyl (C=O) groups excluding carboxylic acids is 1. The Bertz CT molecular complexity index is 641. The third kappa shape index (κ3) is 3.90. The van der Waals surface area contributed by atoms with E-state index in [0.717, 1.165) is 12.1 Å². The van der Waals surface area contributed by atoms with E-state index in [1.807, 2.05) is 47.5 Å². The number of benzene rings is 1. The number of para-hydroxylation sites is 1. The molecular formula is C17H22N4O2.